The number of hydrogen-bond acceptors (Lipinski definition) is 4. The van der Waals surface area contributed by atoms with Gasteiger partial charge in [-0.3, -0.25) is 4.99 Å². The fourth-order valence-electron chi connectivity index (χ4n) is 3.01. The monoisotopic (exact) mass is 564 g/mol. The summed E-state index contributed by atoms with van der Waals surface area (Å²) in [6.45, 7) is 3.16. The molecular weight excluding hydrogens is 536 g/mol. The first-order valence-corrected chi connectivity index (χ1v) is 10.8. The van der Waals surface area contributed by atoms with Crippen molar-refractivity contribution in [2.45, 2.75) is 25.3 Å². The van der Waals surface area contributed by atoms with E-state index in [-0.39, 0.29) is 43.0 Å². The van der Waals surface area contributed by atoms with Crippen molar-refractivity contribution in [1.29, 1.82) is 0 Å². The molecule has 0 amide bonds. The molecule has 172 valence electrons. The summed E-state index contributed by atoms with van der Waals surface area (Å²) < 4.78 is 66.9. The fourth-order valence-corrected chi connectivity index (χ4v) is 3.99. The van der Waals surface area contributed by atoms with Crippen LogP contribution in [0.4, 0.5) is 13.2 Å². The van der Waals surface area contributed by atoms with Crippen LogP contribution in [0.25, 0.3) is 0 Å². The molecule has 7 nitrogen and oxygen atoms in total. The van der Waals surface area contributed by atoms with Gasteiger partial charge in [-0.25, -0.2) is 8.42 Å². The quantitative estimate of drug-likeness (QED) is 0.231. The Labute approximate surface area is 192 Å². The van der Waals surface area contributed by atoms with Gasteiger partial charge in [-0.2, -0.15) is 17.5 Å². The molecule has 0 unspecified atom stereocenters. The normalized spacial score (nSPS) is 16.6. The molecule has 0 saturated carbocycles. The molecule has 2 rings (SSSR count). The predicted octanol–water partition coefficient (Wildman–Crippen LogP) is 2.72. The lowest BCUT2D eigenvalue weighted by Crippen LogP contribution is -2.47. The van der Waals surface area contributed by atoms with Gasteiger partial charge in [0.25, 0.3) is 0 Å². The number of halogens is 4. The van der Waals surface area contributed by atoms with Gasteiger partial charge in [-0.05, 0) is 37.3 Å². The van der Waals surface area contributed by atoms with Crippen LogP contribution in [0.2, 0.25) is 0 Å². The number of piperidine rings is 1. The highest BCUT2D eigenvalue weighted by Gasteiger charge is 2.50. The molecule has 0 atom stereocenters. The Morgan fingerprint density at radius 2 is 1.87 bits per heavy atom. The van der Waals surface area contributed by atoms with Crippen LogP contribution >= 0.6 is 24.0 Å². The van der Waals surface area contributed by atoms with E-state index >= 15 is 0 Å². The highest BCUT2D eigenvalue weighted by molar-refractivity contribution is 14.0. The molecule has 0 radical (unpaired) electrons. The Morgan fingerprint density at radius 3 is 2.43 bits per heavy atom. The number of para-hydroxylation sites is 1. The van der Waals surface area contributed by atoms with Gasteiger partial charge >= 0.3 is 15.5 Å². The Bertz CT molecular complexity index is 798. The van der Waals surface area contributed by atoms with E-state index in [1.54, 1.807) is 7.05 Å². The van der Waals surface area contributed by atoms with E-state index < -0.39 is 15.5 Å². The van der Waals surface area contributed by atoms with Gasteiger partial charge in [0.05, 0.1) is 6.54 Å². The van der Waals surface area contributed by atoms with Crippen LogP contribution in [0.1, 0.15) is 18.4 Å². The van der Waals surface area contributed by atoms with Crippen LogP contribution in [0.15, 0.2) is 29.3 Å². The SMILES string of the molecule is CN=C(NCCOc1ccccc1C)NCC1CCN(S(=O)(=O)C(F)(F)F)CC1.I. The molecule has 1 aliphatic rings. The van der Waals surface area contributed by atoms with Crippen molar-refractivity contribution < 1.29 is 26.3 Å². The summed E-state index contributed by atoms with van der Waals surface area (Å²) in [6.07, 6.45) is 0.714. The second kappa shape index (κ2) is 11.9. The first-order chi connectivity index (χ1) is 13.6. The zero-order valence-corrected chi connectivity index (χ0v) is 20.1. The number of guanidine groups is 1. The predicted molar refractivity (Wildman–Crippen MR) is 121 cm³/mol. The largest absolute Gasteiger partial charge is 0.511 e. The number of sulfonamides is 1. The minimum atomic E-state index is -5.25. The molecule has 0 aromatic heterocycles. The highest BCUT2D eigenvalue weighted by Crippen LogP contribution is 2.30. The van der Waals surface area contributed by atoms with E-state index in [0.717, 1.165) is 11.3 Å². The highest BCUT2D eigenvalue weighted by atomic mass is 127. The first-order valence-electron chi connectivity index (χ1n) is 9.34. The summed E-state index contributed by atoms with van der Waals surface area (Å²) in [5.74, 6) is 1.44. The van der Waals surface area contributed by atoms with Gasteiger partial charge in [0.1, 0.15) is 12.4 Å². The van der Waals surface area contributed by atoms with Crippen LogP contribution in [0, 0.1) is 12.8 Å². The number of benzene rings is 1. The lowest BCUT2D eigenvalue weighted by molar-refractivity contribution is -0.0496. The average molecular weight is 564 g/mol. The Balaban J connectivity index is 0.00000450. The second-order valence-corrected chi connectivity index (χ2v) is 8.72. The standard InChI is InChI=1S/C18H27F3N4O3S.HI/c1-14-5-3-4-6-16(14)28-12-9-23-17(22-2)24-13-15-7-10-25(11-8-15)29(26,27)18(19,20)21;/h3-6,15H,7-13H2,1-2H3,(H2,22,23,24);1H. The molecule has 0 aliphatic carbocycles. The van der Waals surface area contributed by atoms with Crippen LogP contribution in [-0.2, 0) is 10.0 Å². The van der Waals surface area contributed by atoms with Gasteiger partial charge in [-0.15, -0.1) is 24.0 Å². The van der Waals surface area contributed by atoms with E-state index in [2.05, 4.69) is 15.6 Å². The lowest BCUT2D eigenvalue weighted by Gasteiger charge is -2.31. The first kappa shape index (κ1) is 26.8. The van der Waals surface area contributed by atoms with Crippen LogP contribution < -0.4 is 15.4 Å². The van der Waals surface area contributed by atoms with Crippen molar-refractivity contribution in [2.75, 3.05) is 39.8 Å². The average Bonchev–Trinajstić information content (AvgIpc) is 2.68. The summed E-state index contributed by atoms with van der Waals surface area (Å²) in [6, 6.07) is 7.71. The van der Waals surface area contributed by atoms with Crippen molar-refractivity contribution in [3.63, 3.8) is 0 Å². The molecule has 1 saturated heterocycles. The number of ether oxygens (including phenoxy) is 1. The number of hydrogen-bond donors (Lipinski definition) is 2. The minimum Gasteiger partial charge on any atom is -0.491 e. The van der Waals surface area contributed by atoms with E-state index in [1.165, 1.54) is 0 Å². The number of aryl methyl sites for hydroxylation is 1. The van der Waals surface area contributed by atoms with Gasteiger partial charge in [0.2, 0.25) is 0 Å². The maximum Gasteiger partial charge on any atom is 0.511 e. The maximum atomic E-state index is 12.6. The van der Waals surface area contributed by atoms with Gasteiger partial charge < -0.3 is 15.4 Å². The van der Waals surface area contributed by atoms with Crippen LogP contribution in [0.5, 0.6) is 5.75 Å². The summed E-state index contributed by atoms with van der Waals surface area (Å²) in [5, 5.41) is 6.24. The molecule has 30 heavy (non-hydrogen) atoms. The third kappa shape index (κ3) is 7.45. The van der Waals surface area contributed by atoms with Crippen molar-refractivity contribution in [1.82, 2.24) is 14.9 Å². The zero-order valence-electron chi connectivity index (χ0n) is 16.9. The lowest BCUT2D eigenvalue weighted by atomic mass is 9.98. The van der Waals surface area contributed by atoms with Gasteiger partial charge in [-0.1, -0.05) is 18.2 Å². The number of nitrogens with zero attached hydrogens (tertiary/aromatic N) is 2. The van der Waals surface area contributed by atoms with Gasteiger partial charge in [0.15, 0.2) is 5.96 Å². The zero-order chi connectivity index (χ0) is 21.5. The number of alkyl halides is 3. The summed E-state index contributed by atoms with van der Waals surface area (Å²) in [5.41, 5.74) is -4.20. The van der Waals surface area contributed by atoms with E-state index in [9.17, 15) is 21.6 Å². The third-order valence-electron chi connectivity index (χ3n) is 4.73. The Morgan fingerprint density at radius 1 is 1.23 bits per heavy atom. The van der Waals surface area contributed by atoms with Crippen molar-refractivity contribution in [3.05, 3.63) is 29.8 Å². The van der Waals surface area contributed by atoms with E-state index in [0.29, 0.717) is 42.8 Å². The van der Waals surface area contributed by atoms with Crippen molar-refractivity contribution >= 4 is 40.0 Å². The maximum absolute atomic E-state index is 12.6. The minimum absolute atomic E-state index is 0. The van der Waals surface area contributed by atoms with E-state index in [4.69, 9.17) is 4.74 Å². The molecule has 1 aliphatic heterocycles. The van der Waals surface area contributed by atoms with Crippen molar-refractivity contribution in [2.24, 2.45) is 10.9 Å². The molecule has 0 bridgehead atoms. The molecule has 12 heteroatoms. The van der Waals surface area contributed by atoms with Crippen LogP contribution in [-0.4, -0.2) is 64.0 Å². The molecule has 1 aromatic carbocycles. The molecule has 1 fully saturated rings. The van der Waals surface area contributed by atoms with Gasteiger partial charge in [0, 0.05) is 26.7 Å². The van der Waals surface area contributed by atoms with E-state index in [1.807, 2.05) is 31.2 Å². The molecular formula is C18H28F3IN4O3S. The summed E-state index contributed by atoms with van der Waals surface area (Å²) in [4.78, 5) is 4.10. The smallest absolute Gasteiger partial charge is 0.491 e. The summed E-state index contributed by atoms with van der Waals surface area (Å²) >= 11 is 0. The third-order valence-corrected chi connectivity index (χ3v) is 6.36. The summed E-state index contributed by atoms with van der Waals surface area (Å²) in [7, 11) is -3.62. The Kier molecular flexibility index (Phi) is 10.6. The number of aliphatic imine (C=N–C) groups is 1. The molecule has 1 aromatic rings. The molecule has 1 heterocycles. The topological polar surface area (TPSA) is 83.0 Å². The number of rotatable bonds is 7. The number of nitrogens with one attached hydrogen (secondary N) is 2. The fraction of sp³-hybridized carbons (Fsp3) is 0.611. The Hall–Kier alpha value is -1.28. The molecule has 0 spiro atoms. The molecule has 2 N–H and O–H groups in total. The van der Waals surface area contributed by atoms with Crippen LogP contribution in [0.3, 0.4) is 0 Å². The second-order valence-electron chi connectivity index (χ2n) is 6.79. The van der Waals surface area contributed by atoms with Crippen molar-refractivity contribution in [3.8, 4) is 5.75 Å².